The highest BCUT2D eigenvalue weighted by Crippen LogP contribution is 2.43. The van der Waals surface area contributed by atoms with Crippen molar-refractivity contribution in [2.75, 3.05) is 26.4 Å². The topological polar surface area (TPSA) is 208 Å². The van der Waals surface area contributed by atoms with E-state index < -0.39 is 49.3 Å². The summed E-state index contributed by atoms with van der Waals surface area (Å²) in [7, 11) is 0. The molecule has 1 saturated heterocycles. The van der Waals surface area contributed by atoms with Crippen LogP contribution in [0.15, 0.2) is 21.3 Å². The minimum atomic E-state index is -1.82. The smallest absolute Gasteiger partial charge is 0.220 e. The van der Waals surface area contributed by atoms with E-state index in [9.17, 15) is 35.1 Å². The van der Waals surface area contributed by atoms with Crippen molar-refractivity contribution in [3.8, 4) is 5.75 Å². The maximum atomic E-state index is 12.8. The van der Waals surface area contributed by atoms with E-state index in [1.54, 1.807) is 13.0 Å². The van der Waals surface area contributed by atoms with E-state index in [1.165, 1.54) is 6.07 Å². The van der Waals surface area contributed by atoms with Crippen molar-refractivity contribution >= 4 is 16.9 Å². The molecule has 0 spiro atoms. The van der Waals surface area contributed by atoms with Crippen LogP contribution in [0.2, 0.25) is 0 Å². The lowest BCUT2D eigenvalue weighted by molar-refractivity contribution is -0.360. The van der Waals surface area contributed by atoms with Gasteiger partial charge in [0.1, 0.15) is 59.8 Å². The first-order valence-corrected chi connectivity index (χ1v) is 13.7. The van der Waals surface area contributed by atoms with Crippen LogP contribution in [0.4, 0.5) is 0 Å². The number of benzene rings is 1. The minimum Gasteiger partial charge on any atom is -0.484 e. The van der Waals surface area contributed by atoms with Gasteiger partial charge in [0, 0.05) is 44.0 Å². The van der Waals surface area contributed by atoms with Crippen molar-refractivity contribution in [3.63, 3.8) is 0 Å². The summed E-state index contributed by atoms with van der Waals surface area (Å²) in [4.78, 5) is 35.6. The first kappa shape index (κ1) is 31.3. The van der Waals surface area contributed by atoms with Crippen LogP contribution in [0, 0.1) is 12.8 Å². The predicted octanol–water partition coefficient (Wildman–Crippen LogP) is -1.00. The number of aliphatic hydroxyl groups is 6. The molecule has 3 heterocycles. The molecule has 0 bridgehead atoms. The molecular formula is C28H39NO12. The number of ether oxygens (including phenoxy) is 1. The van der Waals surface area contributed by atoms with Gasteiger partial charge in [-0.15, -0.1) is 0 Å². The second-order valence-corrected chi connectivity index (χ2v) is 11.1. The molecule has 0 saturated carbocycles. The van der Waals surface area contributed by atoms with Gasteiger partial charge >= 0.3 is 0 Å². The molecule has 2 aliphatic rings. The zero-order valence-electron chi connectivity index (χ0n) is 23.1. The summed E-state index contributed by atoms with van der Waals surface area (Å²) in [5, 5.41) is 61.7. The maximum absolute atomic E-state index is 12.8. The van der Waals surface area contributed by atoms with Crippen LogP contribution < -0.4 is 15.5 Å². The Kier molecular flexibility index (Phi) is 10.0. The van der Waals surface area contributed by atoms with E-state index in [-0.39, 0.29) is 36.7 Å². The quantitative estimate of drug-likeness (QED) is 0.112. The molecule has 13 heteroatoms. The first-order chi connectivity index (χ1) is 19.5. The van der Waals surface area contributed by atoms with Crippen LogP contribution in [-0.4, -0.2) is 99.0 Å². The average molecular weight is 582 g/mol. The third-order valence-electron chi connectivity index (χ3n) is 7.91. The third kappa shape index (κ3) is 6.89. The summed E-state index contributed by atoms with van der Waals surface area (Å²) in [6.45, 7) is 2.44. The lowest BCUT2D eigenvalue weighted by atomic mass is 9.82. The molecule has 0 radical (unpaired) electrons. The highest BCUT2D eigenvalue weighted by atomic mass is 17.2. The van der Waals surface area contributed by atoms with E-state index in [1.807, 2.05) is 6.92 Å². The average Bonchev–Trinajstić information content (AvgIpc) is 3.36. The molecule has 2 aliphatic heterocycles. The standard InChI is InChI=1S/C28H39NO12/c1-14-7-19(32)18-9-16-10-22(41-38-13-21(34)25(37)24(36)20(33)12-31)28(2,5-3-15-8-23(35)29-11-15)40-26(16)17(4-6-30)27(18)39-14/h7,9,15,20-22,24-25,30-31,33-34,36-37H,3-6,8,10-13H2,1-2H3,(H,29,35). The molecule has 41 heavy (non-hydrogen) atoms. The van der Waals surface area contributed by atoms with Crippen molar-refractivity contribution < 1.29 is 54.4 Å². The lowest BCUT2D eigenvalue weighted by Gasteiger charge is -2.42. The lowest BCUT2D eigenvalue weighted by Crippen LogP contribution is -2.51. The monoisotopic (exact) mass is 581 g/mol. The van der Waals surface area contributed by atoms with Gasteiger partial charge in [0.05, 0.1) is 12.0 Å². The van der Waals surface area contributed by atoms with Gasteiger partial charge in [-0.05, 0) is 44.2 Å². The molecule has 4 rings (SSSR count). The Bertz CT molecular complexity index is 1280. The third-order valence-corrected chi connectivity index (χ3v) is 7.91. The van der Waals surface area contributed by atoms with E-state index in [4.69, 9.17) is 24.0 Å². The Hall–Kier alpha value is -2.62. The number of carbonyl (C=O) groups is 1. The Balaban J connectivity index is 1.61. The number of amides is 1. The SMILES string of the molecule is Cc1cc(=O)c2cc3c(c(CCO)c2o1)OC(C)(CCC1CNC(=O)C1)C(OOCC(O)C(O)C(O)C(O)CO)C3. The van der Waals surface area contributed by atoms with Crippen LogP contribution in [0.25, 0.3) is 11.0 Å². The summed E-state index contributed by atoms with van der Waals surface area (Å²) < 4.78 is 12.5. The minimum absolute atomic E-state index is 0.0191. The van der Waals surface area contributed by atoms with E-state index in [2.05, 4.69) is 5.32 Å². The predicted molar refractivity (Wildman–Crippen MR) is 143 cm³/mol. The van der Waals surface area contributed by atoms with Crippen LogP contribution in [0.3, 0.4) is 0 Å². The van der Waals surface area contributed by atoms with Gasteiger partial charge in [-0.3, -0.25) is 9.59 Å². The van der Waals surface area contributed by atoms with E-state index in [0.29, 0.717) is 59.4 Å². The van der Waals surface area contributed by atoms with Crippen LogP contribution >= 0.6 is 0 Å². The molecule has 13 nitrogen and oxygen atoms in total. The number of aryl methyl sites for hydroxylation is 1. The second-order valence-electron chi connectivity index (χ2n) is 11.1. The van der Waals surface area contributed by atoms with Crippen molar-refractivity contribution in [2.24, 2.45) is 5.92 Å². The number of hydrogen-bond acceptors (Lipinski definition) is 12. The summed E-state index contributed by atoms with van der Waals surface area (Å²) in [5.74, 6) is 0.969. The molecule has 7 atom stereocenters. The van der Waals surface area contributed by atoms with Crippen LogP contribution in [0.1, 0.15) is 43.1 Å². The number of carbonyl (C=O) groups excluding carboxylic acids is 1. The summed E-state index contributed by atoms with van der Waals surface area (Å²) in [5.41, 5.74) is 0.262. The van der Waals surface area contributed by atoms with Gasteiger partial charge in [-0.25, -0.2) is 9.78 Å². The van der Waals surface area contributed by atoms with Crippen molar-refractivity contribution in [2.45, 2.75) is 82.1 Å². The van der Waals surface area contributed by atoms with Crippen molar-refractivity contribution in [1.29, 1.82) is 0 Å². The fourth-order valence-corrected chi connectivity index (χ4v) is 5.41. The summed E-state index contributed by atoms with van der Waals surface area (Å²) in [6, 6.07) is 3.05. The number of aliphatic hydroxyl groups excluding tert-OH is 6. The number of fused-ring (bicyclic) bond motifs is 2. The molecule has 0 aliphatic carbocycles. The highest BCUT2D eigenvalue weighted by Gasteiger charge is 2.45. The zero-order chi connectivity index (χ0) is 29.9. The number of nitrogens with one attached hydrogen (secondary N) is 1. The molecule has 228 valence electrons. The van der Waals surface area contributed by atoms with Crippen LogP contribution in [0.5, 0.6) is 5.75 Å². The fourth-order valence-electron chi connectivity index (χ4n) is 5.41. The molecular weight excluding hydrogens is 542 g/mol. The molecule has 7 unspecified atom stereocenters. The molecule has 7 N–H and O–H groups in total. The normalized spacial score (nSPS) is 25.3. The maximum Gasteiger partial charge on any atom is 0.220 e. The van der Waals surface area contributed by atoms with Crippen molar-refractivity contribution in [3.05, 3.63) is 39.2 Å². The van der Waals surface area contributed by atoms with Crippen molar-refractivity contribution in [1.82, 2.24) is 5.32 Å². The van der Waals surface area contributed by atoms with Gasteiger partial charge in [0.25, 0.3) is 0 Å². The zero-order valence-corrected chi connectivity index (χ0v) is 23.1. The van der Waals surface area contributed by atoms with E-state index >= 15 is 0 Å². The Morgan fingerprint density at radius 3 is 2.49 bits per heavy atom. The van der Waals surface area contributed by atoms with Gasteiger partial charge < -0.3 is 45.1 Å². The summed E-state index contributed by atoms with van der Waals surface area (Å²) >= 11 is 0. The van der Waals surface area contributed by atoms with Crippen LogP contribution in [-0.2, 0) is 27.4 Å². The van der Waals surface area contributed by atoms with Gasteiger partial charge in [-0.2, -0.15) is 0 Å². The Labute approximate surface area is 236 Å². The first-order valence-electron chi connectivity index (χ1n) is 13.7. The molecule has 2 aromatic rings. The van der Waals surface area contributed by atoms with E-state index in [0.717, 1.165) is 0 Å². The Morgan fingerprint density at radius 2 is 1.83 bits per heavy atom. The molecule has 1 amide bonds. The Morgan fingerprint density at radius 1 is 1.10 bits per heavy atom. The molecule has 1 aromatic heterocycles. The molecule has 1 fully saturated rings. The van der Waals surface area contributed by atoms with Gasteiger partial charge in [0.15, 0.2) is 5.43 Å². The summed E-state index contributed by atoms with van der Waals surface area (Å²) in [6.07, 6.45) is -5.86. The fraction of sp³-hybridized carbons (Fsp3) is 0.643. The largest absolute Gasteiger partial charge is 0.484 e. The van der Waals surface area contributed by atoms with Gasteiger partial charge in [0.2, 0.25) is 5.91 Å². The number of rotatable bonds is 13. The number of hydrogen-bond donors (Lipinski definition) is 7. The molecule has 1 aromatic carbocycles. The highest BCUT2D eigenvalue weighted by molar-refractivity contribution is 5.84. The second kappa shape index (κ2) is 13.1. The van der Waals surface area contributed by atoms with Gasteiger partial charge in [-0.1, -0.05) is 0 Å².